The Hall–Kier alpha value is -2.08. The number of nitrogens with zero attached hydrogens (tertiary/aromatic N) is 3. The van der Waals surface area contributed by atoms with Crippen molar-refractivity contribution in [3.8, 4) is 0 Å². The number of benzene rings is 1. The Morgan fingerprint density at radius 1 is 1.00 bits per heavy atom. The topological polar surface area (TPSA) is 55.9 Å². The van der Waals surface area contributed by atoms with Crippen LogP contribution in [0.5, 0.6) is 0 Å². The summed E-state index contributed by atoms with van der Waals surface area (Å²) in [6, 6.07) is 10.3. The van der Waals surface area contributed by atoms with Gasteiger partial charge in [-0.05, 0) is 43.9 Å². The number of hydrogen-bond acceptors (Lipinski definition) is 3. The van der Waals surface area contributed by atoms with Gasteiger partial charge in [-0.15, -0.1) is 0 Å². The van der Waals surface area contributed by atoms with E-state index in [2.05, 4.69) is 10.2 Å². The Morgan fingerprint density at radius 2 is 1.79 bits per heavy atom. The number of carbonyl (C=O) groups is 2. The summed E-state index contributed by atoms with van der Waals surface area (Å²) in [5.74, 6) is 0.518. The zero-order valence-corrected chi connectivity index (χ0v) is 16.7. The van der Waals surface area contributed by atoms with Crippen LogP contribution in [0.15, 0.2) is 30.3 Å². The Labute approximate surface area is 167 Å². The molecule has 4 rings (SSSR count). The molecule has 152 valence electrons. The number of carbonyl (C=O) groups excluding carboxylic acids is 2. The van der Waals surface area contributed by atoms with Crippen molar-refractivity contribution in [2.24, 2.45) is 5.92 Å². The Morgan fingerprint density at radius 3 is 2.54 bits per heavy atom. The first-order chi connectivity index (χ1) is 13.7. The van der Waals surface area contributed by atoms with Crippen molar-refractivity contribution in [1.29, 1.82) is 0 Å². The third kappa shape index (κ3) is 4.49. The SMILES string of the molecule is O=C(NC[C@@H]1CCN(C2CCCCC2)C1)N1CCN(c2ccccc2)C(=O)C1. The molecule has 6 nitrogen and oxygen atoms in total. The molecule has 2 heterocycles. The van der Waals surface area contributed by atoms with Crippen LogP contribution in [-0.2, 0) is 4.79 Å². The second kappa shape index (κ2) is 8.95. The van der Waals surface area contributed by atoms with Gasteiger partial charge in [0.1, 0.15) is 6.54 Å². The van der Waals surface area contributed by atoms with Gasteiger partial charge in [0.05, 0.1) is 0 Å². The molecule has 6 heteroatoms. The van der Waals surface area contributed by atoms with E-state index in [1.807, 2.05) is 30.3 Å². The molecule has 1 aromatic carbocycles. The maximum absolute atomic E-state index is 12.6. The zero-order chi connectivity index (χ0) is 19.3. The van der Waals surface area contributed by atoms with Gasteiger partial charge in [0.25, 0.3) is 0 Å². The van der Waals surface area contributed by atoms with Crippen LogP contribution in [0.1, 0.15) is 38.5 Å². The summed E-state index contributed by atoms with van der Waals surface area (Å²) >= 11 is 0. The third-order valence-electron chi connectivity index (χ3n) is 6.53. The minimum absolute atomic E-state index is 0.0167. The highest BCUT2D eigenvalue weighted by Gasteiger charge is 2.31. The van der Waals surface area contributed by atoms with Crippen molar-refractivity contribution in [1.82, 2.24) is 15.1 Å². The first-order valence-electron chi connectivity index (χ1n) is 10.8. The lowest BCUT2D eigenvalue weighted by atomic mass is 9.94. The Bertz CT molecular complexity index is 674. The number of piperazine rings is 1. The van der Waals surface area contributed by atoms with Crippen molar-refractivity contribution in [2.75, 3.05) is 44.2 Å². The van der Waals surface area contributed by atoms with Crippen LogP contribution in [0.25, 0.3) is 0 Å². The van der Waals surface area contributed by atoms with Gasteiger partial charge >= 0.3 is 6.03 Å². The van der Waals surface area contributed by atoms with Crippen LogP contribution < -0.4 is 10.2 Å². The van der Waals surface area contributed by atoms with E-state index in [1.165, 1.54) is 38.6 Å². The number of anilines is 1. The summed E-state index contributed by atoms with van der Waals surface area (Å²) in [7, 11) is 0. The third-order valence-corrected chi connectivity index (χ3v) is 6.53. The fourth-order valence-corrected chi connectivity index (χ4v) is 4.88. The molecule has 0 unspecified atom stereocenters. The Balaban J connectivity index is 1.21. The smallest absolute Gasteiger partial charge is 0.317 e. The van der Waals surface area contributed by atoms with E-state index >= 15 is 0 Å². The first-order valence-corrected chi connectivity index (χ1v) is 10.8. The number of hydrogen-bond donors (Lipinski definition) is 1. The molecule has 28 heavy (non-hydrogen) atoms. The number of para-hydroxylation sites is 1. The largest absolute Gasteiger partial charge is 0.338 e. The highest BCUT2D eigenvalue weighted by molar-refractivity contribution is 5.97. The monoisotopic (exact) mass is 384 g/mol. The quantitative estimate of drug-likeness (QED) is 0.868. The number of urea groups is 1. The van der Waals surface area contributed by atoms with Crippen LogP contribution >= 0.6 is 0 Å². The van der Waals surface area contributed by atoms with Crippen molar-refractivity contribution >= 4 is 17.6 Å². The lowest BCUT2D eigenvalue weighted by molar-refractivity contribution is -0.120. The van der Waals surface area contributed by atoms with E-state index in [9.17, 15) is 9.59 Å². The molecule has 2 saturated heterocycles. The summed E-state index contributed by atoms with van der Waals surface area (Å²) in [5.41, 5.74) is 0.904. The molecule has 0 aromatic heterocycles. The second-order valence-corrected chi connectivity index (χ2v) is 8.43. The minimum Gasteiger partial charge on any atom is -0.338 e. The van der Waals surface area contributed by atoms with Crippen LogP contribution in [0.2, 0.25) is 0 Å². The van der Waals surface area contributed by atoms with Gasteiger partial charge in [-0.2, -0.15) is 0 Å². The maximum atomic E-state index is 12.6. The molecule has 0 spiro atoms. The van der Waals surface area contributed by atoms with Gasteiger partial charge in [-0.25, -0.2) is 4.79 Å². The zero-order valence-electron chi connectivity index (χ0n) is 16.7. The first kappa shape index (κ1) is 19.2. The summed E-state index contributed by atoms with van der Waals surface area (Å²) in [4.78, 5) is 31.1. The molecule has 2 aliphatic heterocycles. The number of rotatable bonds is 4. The molecule has 3 amide bonds. The maximum Gasteiger partial charge on any atom is 0.317 e. The fraction of sp³-hybridized carbons (Fsp3) is 0.636. The average molecular weight is 385 g/mol. The summed E-state index contributed by atoms with van der Waals surface area (Å²) < 4.78 is 0. The number of nitrogens with one attached hydrogen (secondary N) is 1. The van der Waals surface area contributed by atoms with Crippen molar-refractivity contribution in [3.63, 3.8) is 0 Å². The molecule has 1 aliphatic carbocycles. The minimum atomic E-state index is -0.0998. The molecule has 0 radical (unpaired) electrons. The highest BCUT2D eigenvalue weighted by Crippen LogP contribution is 2.27. The normalized spacial score (nSPS) is 24.6. The van der Waals surface area contributed by atoms with Crippen LogP contribution in [0.4, 0.5) is 10.5 Å². The Kier molecular flexibility index (Phi) is 6.15. The molecule has 1 N–H and O–H groups in total. The van der Waals surface area contributed by atoms with E-state index in [-0.39, 0.29) is 18.5 Å². The van der Waals surface area contributed by atoms with E-state index in [1.54, 1.807) is 9.80 Å². The fourth-order valence-electron chi connectivity index (χ4n) is 4.88. The van der Waals surface area contributed by atoms with E-state index in [4.69, 9.17) is 0 Å². The number of amides is 3. The van der Waals surface area contributed by atoms with Crippen molar-refractivity contribution in [3.05, 3.63) is 30.3 Å². The van der Waals surface area contributed by atoms with Crippen LogP contribution in [0.3, 0.4) is 0 Å². The number of likely N-dealkylation sites (tertiary alicyclic amines) is 1. The molecule has 1 atom stereocenters. The predicted molar refractivity (Wildman–Crippen MR) is 110 cm³/mol. The molecule has 1 saturated carbocycles. The highest BCUT2D eigenvalue weighted by atomic mass is 16.2. The summed E-state index contributed by atoms with van der Waals surface area (Å²) in [6.07, 6.45) is 7.97. The van der Waals surface area contributed by atoms with Crippen molar-refractivity contribution < 1.29 is 9.59 Å². The predicted octanol–water partition coefficient (Wildman–Crippen LogP) is 2.70. The molecule has 1 aromatic rings. The molecule has 3 aliphatic rings. The lowest BCUT2D eigenvalue weighted by Gasteiger charge is -2.34. The van der Waals surface area contributed by atoms with Crippen LogP contribution in [-0.4, -0.2) is 67.0 Å². The van der Waals surface area contributed by atoms with Gasteiger partial charge in [0, 0.05) is 37.9 Å². The molecular weight excluding hydrogens is 352 g/mol. The second-order valence-electron chi connectivity index (χ2n) is 8.43. The molecular formula is C22H32N4O2. The molecule has 0 bridgehead atoms. The molecule has 3 fully saturated rings. The summed E-state index contributed by atoms with van der Waals surface area (Å²) in [6.45, 7) is 4.26. The lowest BCUT2D eigenvalue weighted by Crippen LogP contribution is -2.55. The van der Waals surface area contributed by atoms with Gasteiger partial charge in [0.2, 0.25) is 5.91 Å². The van der Waals surface area contributed by atoms with Crippen molar-refractivity contribution in [2.45, 2.75) is 44.6 Å². The van der Waals surface area contributed by atoms with Gasteiger partial charge < -0.3 is 20.0 Å². The summed E-state index contributed by atoms with van der Waals surface area (Å²) in [5, 5.41) is 3.08. The van der Waals surface area contributed by atoms with Crippen LogP contribution in [0, 0.1) is 5.92 Å². The van der Waals surface area contributed by atoms with Gasteiger partial charge in [-0.1, -0.05) is 37.5 Å². The van der Waals surface area contributed by atoms with E-state index in [0.29, 0.717) is 19.0 Å². The van der Waals surface area contributed by atoms with E-state index in [0.717, 1.165) is 31.2 Å². The van der Waals surface area contributed by atoms with Gasteiger partial charge in [0.15, 0.2) is 0 Å². The average Bonchev–Trinajstić information content (AvgIpc) is 3.22. The van der Waals surface area contributed by atoms with E-state index < -0.39 is 0 Å². The standard InChI is InChI=1S/C22H32N4O2/c27-21-17-25(13-14-26(21)20-9-5-2-6-10-20)22(28)23-15-18-11-12-24(16-18)19-7-3-1-4-8-19/h2,5-6,9-10,18-19H,1,3-4,7-8,11-17H2,(H,23,28)/t18-/m0/s1. The van der Waals surface area contributed by atoms with Gasteiger partial charge in [-0.3, -0.25) is 4.79 Å².